The number of piperidine rings is 1. The molecular formula is C17H17Cl2N3O4. The second-order valence-corrected chi connectivity index (χ2v) is 7.01. The van der Waals surface area contributed by atoms with Gasteiger partial charge in [-0.25, -0.2) is 14.2 Å². The van der Waals surface area contributed by atoms with Crippen LogP contribution in [0.4, 0.5) is 0 Å². The number of carbonyl (C=O) groups is 1. The Morgan fingerprint density at radius 2 is 1.85 bits per heavy atom. The van der Waals surface area contributed by atoms with Gasteiger partial charge in [0.15, 0.2) is 0 Å². The molecule has 2 N–H and O–H groups in total. The summed E-state index contributed by atoms with van der Waals surface area (Å²) in [5.41, 5.74) is -1.75. The molecular weight excluding hydrogens is 381 g/mol. The number of rotatable bonds is 4. The zero-order valence-electron chi connectivity index (χ0n) is 13.8. The van der Waals surface area contributed by atoms with E-state index in [1.165, 1.54) is 18.2 Å². The number of likely N-dealkylation sites (tertiary alicyclic amines) is 1. The van der Waals surface area contributed by atoms with Gasteiger partial charge in [0, 0.05) is 11.6 Å². The zero-order valence-corrected chi connectivity index (χ0v) is 15.3. The molecule has 1 fully saturated rings. The second-order valence-electron chi connectivity index (χ2n) is 6.16. The van der Waals surface area contributed by atoms with E-state index in [0.717, 1.165) is 36.9 Å². The van der Waals surface area contributed by atoms with Gasteiger partial charge in [0.2, 0.25) is 0 Å². The van der Waals surface area contributed by atoms with Crippen molar-refractivity contribution in [2.75, 3.05) is 13.1 Å². The average Bonchev–Trinajstić information content (AvgIpc) is 2.59. The molecule has 0 aliphatic carbocycles. The van der Waals surface area contributed by atoms with Crippen molar-refractivity contribution in [2.45, 2.75) is 25.8 Å². The number of aromatic amines is 1. The van der Waals surface area contributed by atoms with E-state index >= 15 is 0 Å². The van der Waals surface area contributed by atoms with Gasteiger partial charge in [-0.15, -0.1) is 0 Å². The highest BCUT2D eigenvalue weighted by Crippen LogP contribution is 2.23. The van der Waals surface area contributed by atoms with Crippen LogP contribution in [0.15, 0.2) is 27.8 Å². The van der Waals surface area contributed by atoms with E-state index in [0.29, 0.717) is 5.02 Å². The molecule has 3 rings (SSSR count). The van der Waals surface area contributed by atoms with Gasteiger partial charge in [0.05, 0.1) is 16.3 Å². The van der Waals surface area contributed by atoms with Crippen LogP contribution < -0.4 is 11.2 Å². The normalized spacial score (nSPS) is 15.2. The summed E-state index contributed by atoms with van der Waals surface area (Å²) in [6.45, 7) is 1.71. The maximum absolute atomic E-state index is 13.0. The first-order valence-corrected chi connectivity index (χ1v) is 8.93. The van der Waals surface area contributed by atoms with E-state index in [1.807, 2.05) is 4.90 Å². The number of hydrogen-bond acceptors (Lipinski definition) is 4. The van der Waals surface area contributed by atoms with E-state index < -0.39 is 17.2 Å². The fraction of sp³-hybridized carbons (Fsp3) is 0.353. The van der Waals surface area contributed by atoms with Gasteiger partial charge in [-0.2, -0.15) is 0 Å². The van der Waals surface area contributed by atoms with Crippen LogP contribution in [0.25, 0.3) is 5.69 Å². The first kappa shape index (κ1) is 18.7. The van der Waals surface area contributed by atoms with Crippen LogP contribution in [0.1, 0.15) is 35.3 Å². The molecule has 1 aliphatic heterocycles. The third-order valence-corrected chi connectivity index (χ3v) is 4.93. The lowest BCUT2D eigenvalue weighted by Gasteiger charge is -2.26. The number of nitrogens with one attached hydrogen (secondary N) is 1. The fourth-order valence-corrected chi connectivity index (χ4v) is 3.62. The smallest absolute Gasteiger partial charge is 0.352 e. The fourth-order valence-electron chi connectivity index (χ4n) is 3.12. The summed E-state index contributed by atoms with van der Waals surface area (Å²) in [4.78, 5) is 41.2. The lowest BCUT2D eigenvalue weighted by Crippen LogP contribution is -2.41. The molecule has 0 bridgehead atoms. The molecule has 7 nitrogen and oxygen atoms in total. The number of aromatic carboxylic acids is 1. The molecule has 9 heteroatoms. The molecule has 0 amide bonds. The molecule has 0 saturated carbocycles. The van der Waals surface area contributed by atoms with Gasteiger partial charge in [0.1, 0.15) is 5.69 Å². The highest BCUT2D eigenvalue weighted by atomic mass is 35.5. The molecule has 1 aliphatic rings. The summed E-state index contributed by atoms with van der Waals surface area (Å²) in [6, 6.07) is 4.37. The molecule has 0 atom stereocenters. The minimum absolute atomic E-state index is 0.0324. The summed E-state index contributed by atoms with van der Waals surface area (Å²) in [5, 5.41) is 9.90. The van der Waals surface area contributed by atoms with E-state index in [-0.39, 0.29) is 28.5 Å². The minimum atomic E-state index is -1.35. The summed E-state index contributed by atoms with van der Waals surface area (Å²) in [6.07, 6.45) is 3.09. The molecule has 1 aromatic heterocycles. The number of halogens is 2. The molecule has 2 aromatic rings. The van der Waals surface area contributed by atoms with E-state index in [2.05, 4.69) is 4.98 Å². The van der Waals surface area contributed by atoms with Crippen molar-refractivity contribution in [3.05, 3.63) is 60.3 Å². The van der Waals surface area contributed by atoms with Gasteiger partial charge in [0.25, 0.3) is 5.56 Å². The Balaban J connectivity index is 2.17. The van der Waals surface area contributed by atoms with Crippen molar-refractivity contribution in [1.82, 2.24) is 14.5 Å². The Hall–Kier alpha value is -2.09. The van der Waals surface area contributed by atoms with E-state index in [1.54, 1.807) is 0 Å². The topological polar surface area (TPSA) is 95.4 Å². The first-order valence-electron chi connectivity index (χ1n) is 8.18. The number of aromatic nitrogens is 2. The Kier molecular flexibility index (Phi) is 5.50. The molecule has 0 spiro atoms. The minimum Gasteiger partial charge on any atom is -0.477 e. The van der Waals surface area contributed by atoms with Crippen LogP contribution in [0.3, 0.4) is 0 Å². The van der Waals surface area contributed by atoms with Crippen molar-refractivity contribution in [3.8, 4) is 5.69 Å². The van der Waals surface area contributed by atoms with Gasteiger partial charge < -0.3 is 10.1 Å². The Morgan fingerprint density at radius 3 is 2.46 bits per heavy atom. The molecule has 26 heavy (non-hydrogen) atoms. The molecule has 1 saturated heterocycles. The van der Waals surface area contributed by atoms with Gasteiger partial charge in [-0.1, -0.05) is 29.6 Å². The predicted molar refractivity (Wildman–Crippen MR) is 98.8 cm³/mol. The average molecular weight is 398 g/mol. The van der Waals surface area contributed by atoms with E-state index in [9.17, 15) is 19.5 Å². The summed E-state index contributed by atoms with van der Waals surface area (Å²) < 4.78 is 0.852. The molecule has 0 radical (unpaired) electrons. The number of H-pyrrole nitrogens is 1. The van der Waals surface area contributed by atoms with Gasteiger partial charge in [-0.3, -0.25) is 9.69 Å². The second kappa shape index (κ2) is 7.65. The molecule has 2 heterocycles. The first-order chi connectivity index (χ1) is 12.4. The molecule has 0 unspecified atom stereocenters. The third-order valence-electron chi connectivity index (χ3n) is 4.39. The summed E-state index contributed by atoms with van der Waals surface area (Å²) >= 11 is 12.0. The Bertz CT molecular complexity index is 961. The van der Waals surface area contributed by atoms with Crippen molar-refractivity contribution < 1.29 is 9.90 Å². The quantitative estimate of drug-likeness (QED) is 0.825. The van der Waals surface area contributed by atoms with Crippen LogP contribution >= 0.6 is 23.2 Å². The highest BCUT2D eigenvalue weighted by molar-refractivity contribution is 6.35. The Morgan fingerprint density at radius 1 is 1.15 bits per heavy atom. The maximum Gasteiger partial charge on any atom is 0.352 e. The lowest BCUT2D eigenvalue weighted by molar-refractivity contribution is 0.0686. The van der Waals surface area contributed by atoms with Gasteiger partial charge in [-0.05, 0) is 44.1 Å². The number of hydrogen-bond donors (Lipinski definition) is 2. The largest absolute Gasteiger partial charge is 0.477 e. The van der Waals surface area contributed by atoms with E-state index in [4.69, 9.17) is 23.2 Å². The Labute approximate surface area is 158 Å². The van der Waals surface area contributed by atoms with Crippen LogP contribution in [-0.2, 0) is 6.54 Å². The van der Waals surface area contributed by atoms with Crippen molar-refractivity contribution in [3.63, 3.8) is 0 Å². The predicted octanol–water partition coefficient (Wildman–Crippen LogP) is 2.52. The number of benzene rings is 1. The lowest BCUT2D eigenvalue weighted by atomic mass is 10.1. The van der Waals surface area contributed by atoms with Crippen LogP contribution in [0.5, 0.6) is 0 Å². The monoisotopic (exact) mass is 397 g/mol. The number of nitrogens with zero attached hydrogens (tertiary/aromatic N) is 2. The standard InChI is InChI=1S/C17H17Cl2N3O4/c18-10-4-5-13(12(19)8-10)22-15(23)11(9-21-6-2-1-3-7-21)14(16(24)25)20-17(22)26/h4-5,8H,1-3,6-7,9H2,(H,20,26)(H,24,25). The van der Waals surface area contributed by atoms with Crippen LogP contribution in [0.2, 0.25) is 10.0 Å². The maximum atomic E-state index is 13.0. The zero-order chi connectivity index (χ0) is 18.8. The summed E-state index contributed by atoms with van der Waals surface area (Å²) in [5.74, 6) is -1.35. The molecule has 1 aromatic carbocycles. The van der Waals surface area contributed by atoms with Crippen molar-refractivity contribution in [2.24, 2.45) is 0 Å². The number of carboxylic acids is 1. The van der Waals surface area contributed by atoms with Gasteiger partial charge >= 0.3 is 11.7 Å². The van der Waals surface area contributed by atoms with Crippen molar-refractivity contribution >= 4 is 29.2 Å². The highest BCUT2D eigenvalue weighted by Gasteiger charge is 2.23. The van der Waals surface area contributed by atoms with Crippen LogP contribution in [0, 0.1) is 0 Å². The number of carboxylic acid groups (broad SMARTS) is 1. The SMILES string of the molecule is O=C(O)c1[nH]c(=O)n(-c2ccc(Cl)cc2Cl)c(=O)c1CN1CCCCC1. The molecule has 138 valence electrons. The van der Waals surface area contributed by atoms with Crippen LogP contribution in [-0.4, -0.2) is 38.6 Å². The third kappa shape index (κ3) is 3.70. The van der Waals surface area contributed by atoms with Crippen molar-refractivity contribution in [1.29, 1.82) is 0 Å². The summed E-state index contributed by atoms with van der Waals surface area (Å²) in [7, 11) is 0.